The van der Waals surface area contributed by atoms with E-state index < -0.39 is 5.60 Å². The van der Waals surface area contributed by atoms with Crippen LogP contribution in [-0.2, 0) is 6.42 Å². The summed E-state index contributed by atoms with van der Waals surface area (Å²) in [6, 6.07) is 7.81. The van der Waals surface area contributed by atoms with E-state index in [0.717, 1.165) is 31.5 Å². The summed E-state index contributed by atoms with van der Waals surface area (Å²) in [5.74, 6) is 0.380. The molecule has 4 heteroatoms. The zero-order valence-electron chi connectivity index (χ0n) is 11.9. The molecule has 0 radical (unpaired) electrons. The van der Waals surface area contributed by atoms with Crippen LogP contribution in [0.1, 0.15) is 24.8 Å². The molecular formula is C16H24N2O2. The highest BCUT2D eigenvalue weighted by molar-refractivity contribution is 5.31. The summed E-state index contributed by atoms with van der Waals surface area (Å²) >= 11 is 0. The Morgan fingerprint density at radius 2 is 2.05 bits per heavy atom. The molecule has 1 aromatic rings. The average molecular weight is 276 g/mol. The largest absolute Gasteiger partial charge is 0.508 e. The molecule has 2 saturated heterocycles. The van der Waals surface area contributed by atoms with Crippen LogP contribution in [0.4, 0.5) is 0 Å². The molecule has 3 N–H and O–H groups in total. The molecule has 2 heterocycles. The Balaban J connectivity index is 1.64. The fourth-order valence-electron chi connectivity index (χ4n) is 3.47. The first kappa shape index (κ1) is 13.9. The fourth-order valence-corrected chi connectivity index (χ4v) is 3.47. The summed E-state index contributed by atoms with van der Waals surface area (Å²) in [7, 11) is 0. The third-order valence-electron chi connectivity index (χ3n) is 4.76. The van der Waals surface area contributed by atoms with E-state index in [1.807, 2.05) is 18.2 Å². The topological polar surface area (TPSA) is 55.7 Å². The van der Waals surface area contributed by atoms with E-state index in [2.05, 4.69) is 10.2 Å². The number of para-hydroxylation sites is 1. The van der Waals surface area contributed by atoms with Gasteiger partial charge in [0.15, 0.2) is 0 Å². The van der Waals surface area contributed by atoms with Crippen LogP contribution in [0.15, 0.2) is 24.3 Å². The van der Waals surface area contributed by atoms with E-state index in [1.165, 1.54) is 12.8 Å². The van der Waals surface area contributed by atoms with Gasteiger partial charge in [0, 0.05) is 25.7 Å². The van der Waals surface area contributed by atoms with Gasteiger partial charge in [-0.2, -0.15) is 0 Å². The summed E-state index contributed by atoms with van der Waals surface area (Å²) in [6.07, 6.45) is 4.34. The maximum atomic E-state index is 10.6. The highest BCUT2D eigenvalue weighted by Crippen LogP contribution is 2.29. The van der Waals surface area contributed by atoms with Gasteiger partial charge in [0.05, 0.1) is 0 Å². The van der Waals surface area contributed by atoms with Crippen LogP contribution in [-0.4, -0.2) is 52.9 Å². The molecule has 2 aliphatic heterocycles. The van der Waals surface area contributed by atoms with E-state index in [-0.39, 0.29) is 6.04 Å². The van der Waals surface area contributed by atoms with Crippen LogP contribution in [0.25, 0.3) is 0 Å². The lowest BCUT2D eigenvalue weighted by molar-refractivity contribution is -0.0941. The Bertz CT molecular complexity index is 460. The van der Waals surface area contributed by atoms with Crippen LogP contribution < -0.4 is 5.32 Å². The molecule has 1 atom stereocenters. The Kier molecular flexibility index (Phi) is 3.96. The molecule has 0 aliphatic carbocycles. The van der Waals surface area contributed by atoms with Crippen LogP contribution in [0.3, 0.4) is 0 Å². The van der Waals surface area contributed by atoms with Gasteiger partial charge in [0.2, 0.25) is 0 Å². The second-order valence-electron chi connectivity index (χ2n) is 6.13. The van der Waals surface area contributed by atoms with Gasteiger partial charge in [0.25, 0.3) is 0 Å². The summed E-state index contributed by atoms with van der Waals surface area (Å²) < 4.78 is 0. The second kappa shape index (κ2) is 5.72. The van der Waals surface area contributed by atoms with Crippen molar-refractivity contribution in [3.8, 4) is 5.75 Å². The molecule has 20 heavy (non-hydrogen) atoms. The van der Waals surface area contributed by atoms with E-state index >= 15 is 0 Å². The van der Waals surface area contributed by atoms with E-state index in [0.29, 0.717) is 18.8 Å². The molecule has 2 fully saturated rings. The molecule has 3 rings (SSSR count). The highest BCUT2D eigenvalue weighted by atomic mass is 16.3. The molecule has 0 spiro atoms. The van der Waals surface area contributed by atoms with E-state index in [9.17, 15) is 10.2 Å². The SMILES string of the molecule is Oc1ccccc1CCN1CCCCC1C1(O)CNC1. The van der Waals surface area contributed by atoms with Crippen molar-refractivity contribution in [1.82, 2.24) is 10.2 Å². The molecule has 0 bridgehead atoms. The summed E-state index contributed by atoms with van der Waals surface area (Å²) in [6.45, 7) is 3.39. The van der Waals surface area contributed by atoms with Crippen molar-refractivity contribution < 1.29 is 10.2 Å². The van der Waals surface area contributed by atoms with Crippen LogP contribution in [0.5, 0.6) is 5.75 Å². The minimum atomic E-state index is -0.543. The van der Waals surface area contributed by atoms with Crippen LogP contribution in [0.2, 0.25) is 0 Å². The molecule has 4 nitrogen and oxygen atoms in total. The van der Waals surface area contributed by atoms with Gasteiger partial charge in [-0.25, -0.2) is 0 Å². The number of nitrogens with one attached hydrogen (secondary N) is 1. The molecule has 0 saturated carbocycles. The van der Waals surface area contributed by atoms with Gasteiger partial charge in [-0.15, -0.1) is 0 Å². The highest BCUT2D eigenvalue weighted by Gasteiger charge is 2.45. The lowest BCUT2D eigenvalue weighted by atomic mass is 9.82. The van der Waals surface area contributed by atoms with Crippen molar-refractivity contribution in [2.24, 2.45) is 0 Å². The number of hydrogen-bond donors (Lipinski definition) is 3. The van der Waals surface area contributed by atoms with Gasteiger partial charge in [-0.05, 0) is 37.4 Å². The number of β-amino-alcohol motifs (C(OH)–C–C–N with tert-alkyl or cyclic N) is 1. The Hall–Kier alpha value is -1.10. The van der Waals surface area contributed by atoms with Crippen LogP contribution >= 0.6 is 0 Å². The van der Waals surface area contributed by atoms with Crippen molar-refractivity contribution in [3.05, 3.63) is 29.8 Å². The number of hydrogen-bond acceptors (Lipinski definition) is 4. The quantitative estimate of drug-likeness (QED) is 0.771. The number of phenols is 1. The summed E-state index contributed by atoms with van der Waals surface area (Å²) in [4.78, 5) is 2.41. The number of rotatable bonds is 4. The number of likely N-dealkylation sites (tertiary alicyclic amines) is 1. The zero-order chi connectivity index (χ0) is 14.0. The Morgan fingerprint density at radius 3 is 2.75 bits per heavy atom. The second-order valence-corrected chi connectivity index (χ2v) is 6.13. The summed E-state index contributed by atoms with van der Waals surface area (Å²) in [5.41, 5.74) is 0.453. The smallest absolute Gasteiger partial charge is 0.118 e. The van der Waals surface area contributed by atoms with Gasteiger partial charge in [-0.1, -0.05) is 24.6 Å². The average Bonchev–Trinajstić information content (AvgIpc) is 2.44. The first-order valence-corrected chi connectivity index (χ1v) is 7.63. The number of nitrogens with zero attached hydrogens (tertiary/aromatic N) is 1. The third kappa shape index (κ3) is 2.68. The number of piperidine rings is 1. The molecular weight excluding hydrogens is 252 g/mol. The van der Waals surface area contributed by atoms with Gasteiger partial charge >= 0.3 is 0 Å². The number of benzene rings is 1. The molecule has 1 aromatic carbocycles. The van der Waals surface area contributed by atoms with Gasteiger partial charge in [0.1, 0.15) is 11.4 Å². The van der Waals surface area contributed by atoms with Crippen molar-refractivity contribution in [3.63, 3.8) is 0 Å². The van der Waals surface area contributed by atoms with Crippen molar-refractivity contribution in [1.29, 1.82) is 0 Å². The standard InChI is InChI=1S/C16H24N2O2/c19-14-6-2-1-5-13(14)8-10-18-9-4-3-7-15(18)16(20)11-17-12-16/h1-2,5-6,15,17,19-20H,3-4,7-12H2. The van der Waals surface area contributed by atoms with Gasteiger partial charge in [-0.3, -0.25) is 4.90 Å². The predicted molar refractivity (Wildman–Crippen MR) is 78.8 cm³/mol. The van der Waals surface area contributed by atoms with Crippen molar-refractivity contribution in [2.45, 2.75) is 37.3 Å². The Labute approximate surface area is 120 Å². The number of aromatic hydroxyl groups is 1. The van der Waals surface area contributed by atoms with Crippen LogP contribution in [0, 0.1) is 0 Å². The third-order valence-corrected chi connectivity index (χ3v) is 4.76. The zero-order valence-corrected chi connectivity index (χ0v) is 11.9. The maximum Gasteiger partial charge on any atom is 0.118 e. The number of phenolic OH excluding ortho intramolecular Hbond substituents is 1. The lowest BCUT2D eigenvalue weighted by Gasteiger charge is -2.50. The first-order chi connectivity index (χ1) is 9.69. The Morgan fingerprint density at radius 1 is 1.25 bits per heavy atom. The van der Waals surface area contributed by atoms with E-state index in [1.54, 1.807) is 6.07 Å². The normalized spacial score (nSPS) is 26.1. The molecule has 1 unspecified atom stereocenters. The first-order valence-electron chi connectivity index (χ1n) is 7.63. The minimum absolute atomic E-state index is 0.267. The fraction of sp³-hybridized carbons (Fsp3) is 0.625. The maximum absolute atomic E-state index is 10.6. The minimum Gasteiger partial charge on any atom is -0.508 e. The van der Waals surface area contributed by atoms with E-state index in [4.69, 9.17) is 0 Å². The molecule has 110 valence electrons. The monoisotopic (exact) mass is 276 g/mol. The van der Waals surface area contributed by atoms with Crippen molar-refractivity contribution >= 4 is 0 Å². The van der Waals surface area contributed by atoms with Gasteiger partial charge < -0.3 is 15.5 Å². The predicted octanol–water partition coefficient (Wildman–Crippen LogP) is 1.12. The molecule has 2 aliphatic rings. The van der Waals surface area contributed by atoms with Crippen molar-refractivity contribution in [2.75, 3.05) is 26.2 Å². The molecule has 0 aromatic heterocycles. The lowest BCUT2D eigenvalue weighted by Crippen LogP contribution is -2.70. The molecule has 0 amide bonds. The number of aliphatic hydroxyl groups is 1. The summed E-state index contributed by atoms with van der Waals surface area (Å²) in [5, 5.41) is 23.6.